The van der Waals surface area contributed by atoms with Crippen molar-refractivity contribution < 1.29 is 4.74 Å². The smallest absolute Gasteiger partial charge is 0.262 e. The normalized spacial score (nSPS) is 11.5. The van der Waals surface area contributed by atoms with Gasteiger partial charge in [-0.2, -0.15) is 0 Å². The van der Waals surface area contributed by atoms with E-state index in [4.69, 9.17) is 9.72 Å². The first-order valence-electron chi connectivity index (χ1n) is 9.76. The molecule has 0 atom stereocenters. The molecule has 2 aromatic carbocycles. The van der Waals surface area contributed by atoms with Crippen molar-refractivity contribution in [2.24, 2.45) is 0 Å². The Balaban J connectivity index is 1.89. The Morgan fingerprint density at radius 2 is 1.93 bits per heavy atom. The van der Waals surface area contributed by atoms with Gasteiger partial charge in [0.25, 0.3) is 5.56 Å². The van der Waals surface area contributed by atoms with E-state index in [1.54, 1.807) is 11.8 Å². The molecule has 0 spiro atoms. The van der Waals surface area contributed by atoms with Crippen LogP contribution in [0.15, 0.2) is 52.4 Å². The number of aromatic nitrogens is 2. The first kappa shape index (κ1) is 20.6. The minimum absolute atomic E-state index is 0.0265. The van der Waals surface area contributed by atoms with Gasteiger partial charge in [0, 0.05) is 18.9 Å². The molecular formula is C23H28N2O2S. The second-order valence-corrected chi connectivity index (χ2v) is 8.30. The maximum absolute atomic E-state index is 13.1. The lowest BCUT2D eigenvalue weighted by Crippen LogP contribution is -2.24. The minimum atomic E-state index is 0.0265. The highest BCUT2D eigenvalue weighted by atomic mass is 32.2. The lowest BCUT2D eigenvalue weighted by atomic mass is 10.1. The molecule has 0 saturated carbocycles. The number of aryl methyl sites for hydroxylation is 2. The topological polar surface area (TPSA) is 44.1 Å². The third kappa shape index (κ3) is 5.03. The quantitative estimate of drug-likeness (QED) is 0.301. The van der Waals surface area contributed by atoms with Gasteiger partial charge in [-0.05, 0) is 57.4 Å². The van der Waals surface area contributed by atoms with E-state index in [2.05, 4.69) is 32.0 Å². The number of hydrogen-bond acceptors (Lipinski definition) is 4. The van der Waals surface area contributed by atoms with E-state index in [0.717, 1.165) is 22.8 Å². The van der Waals surface area contributed by atoms with Crippen molar-refractivity contribution in [1.29, 1.82) is 0 Å². The zero-order valence-corrected chi connectivity index (χ0v) is 17.9. The van der Waals surface area contributed by atoms with Crippen LogP contribution in [0.25, 0.3) is 10.9 Å². The summed E-state index contributed by atoms with van der Waals surface area (Å²) in [6, 6.07) is 14.1. The molecule has 0 radical (unpaired) electrons. The summed E-state index contributed by atoms with van der Waals surface area (Å²) in [7, 11) is 0. The van der Waals surface area contributed by atoms with Crippen molar-refractivity contribution in [3.63, 3.8) is 0 Å². The number of rotatable bonds is 8. The first-order valence-corrected chi connectivity index (χ1v) is 10.7. The number of para-hydroxylation sites is 1. The fraction of sp³-hybridized carbons (Fsp3) is 0.391. The zero-order chi connectivity index (χ0) is 20.1. The molecule has 4 nitrogen and oxygen atoms in total. The van der Waals surface area contributed by atoms with Crippen molar-refractivity contribution in [3.8, 4) is 0 Å². The van der Waals surface area contributed by atoms with Crippen LogP contribution in [0.2, 0.25) is 0 Å². The van der Waals surface area contributed by atoms with Crippen molar-refractivity contribution in [1.82, 2.24) is 9.55 Å². The Kier molecular flexibility index (Phi) is 6.92. The van der Waals surface area contributed by atoms with Crippen molar-refractivity contribution in [3.05, 3.63) is 69.5 Å². The molecule has 0 N–H and O–H groups in total. The lowest BCUT2D eigenvalue weighted by molar-refractivity contribution is 0.0743. The van der Waals surface area contributed by atoms with Gasteiger partial charge < -0.3 is 4.74 Å². The second-order valence-electron chi connectivity index (χ2n) is 7.36. The Bertz CT molecular complexity index is 1010. The van der Waals surface area contributed by atoms with E-state index in [1.165, 1.54) is 16.7 Å². The number of thioether (sulfide) groups is 1. The molecule has 1 heterocycles. The molecule has 0 amide bonds. The molecule has 0 fully saturated rings. The average molecular weight is 397 g/mol. The largest absolute Gasteiger partial charge is 0.379 e. The van der Waals surface area contributed by atoms with Crippen molar-refractivity contribution in [2.75, 3.05) is 6.61 Å². The van der Waals surface area contributed by atoms with Crippen LogP contribution in [0.1, 0.15) is 37.0 Å². The highest BCUT2D eigenvalue weighted by Crippen LogP contribution is 2.24. The second kappa shape index (κ2) is 9.39. The Labute approximate surface area is 171 Å². The summed E-state index contributed by atoms with van der Waals surface area (Å²) in [5, 5.41) is 1.44. The van der Waals surface area contributed by atoms with Gasteiger partial charge in [-0.3, -0.25) is 9.36 Å². The standard InChI is InChI=1S/C23H28N2O2S/c1-16(2)27-13-7-12-25-22(26)20-8-5-6-9-21(20)24-23(25)28-15-19-14-17(3)10-11-18(19)4/h5-6,8-11,14,16H,7,12-13,15H2,1-4H3. The monoisotopic (exact) mass is 396 g/mol. The summed E-state index contributed by atoms with van der Waals surface area (Å²) in [4.78, 5) is 17.9. The number of hydrogen-bond donors (Lipinski definition) is 0. The van der Waals surface area contributed by atoms with Gasteiger partial charge in [-0.1, -0.05) is 47.7 Å². The molecule has 0 saturated heterocycles. The lowest BCUT2D eigenvalue weighted by Gasteiger charge is -2.14. The van der Waals surface area contributed by atoms with E-state index in [-0.39, 0.29) is 11.7 Å². The van der Waals surface area contributed by atoms with Crippen LogP contribution < -0.4 is 5.56 Å². The first-order chi connectivity index (χ1) is 13.5. The molecule has 0 aliphatic heterocycles. The molecule has 148 valence electrons. The molecule has 0 bridgehead atoms. The SMILES string of the molecule is Cc1ccc(C)c(CSc2nc3ccccc3c(=O)n2CCCOC(C)C)c1. The molecule has 28 heavy (non-hydrogen) atoms. The average Bonchev–Trinajstić information content (AvgIpc) is 2.67. The Hall–Kier alpha value is -2.11. The van der Waals surface area contributed by atoms with E-state index in [0.29, 0.717) is 18.5 Å². The van der Waals surface area contributed by atoms with Crippen LogP contribution in [0.5, 0.6) is 0 Å². The predicted octanol–water partition coefficient (Wildman–Crippen LogP) is 5.12. The third-order valence-corrected chi connectivity index (χ3v) is 5.69. The highest BCUT2D eigenvalue weighted by Gasteiger charge is 2.12. The van der Waals surface area contributed by atoms with E-state index >= 15 is 0 Å². The molecule has 3 aromatic rings. The van der Waals surface area contributed by atoms with Gasteiger partial charge in [0.05, 0.1) is 17.0 Å². The fourth-order valence-electron chi connectivity index (χ4n) is 3.09. The Morgan fingerprint density at radius 3 is 2.71 bits per heavy atom. The van der Waals surface area contributed by atoms with E-state index in [1.807, 2.05) is 42.7 Å². The summed E-state index contributed by atoms with van der Waals surface area (Å²) >= 11 is 1.63. The number of benzene rings is 2. The molecule has 0 aliphatic carbocycles. The summed E-state index contributed by atoms with van der Waals surface area (Å²) < 4.78 is 7.45. The summed E-state index contributed by atoms with van der Waals surface area (Å²) in [6.45, 7) is 9.52. The molecule has 1 aromatic heterocycles. The third-order valence-electron chi connectivity index (χ3n) is 4.67. The van der Waals surface area contributed by atoms with Crippen LogP contribution in [0, 0.1) is 13.8 Å². The zero-order valence-electron chi connectivity index (χ0n) is 17.1. The van der Waals surface area contributed by atoms with Crippen LogP contribution in [0.4, 0.5) is 0 Å². The van der Waals surface area contributed by atoms with Gasteiger partial charge >= 0.3 is 0 Å². The predicted molar refractivity (Wildman–Crippen MR) is 117 cm³/mol. The maximum atomic E-state index is 13.1. The van der Waals surface area contributed by atoms with E-state index in [9.17, 15) is 4.79 Å². The van der Waals surface area contributed by atoms with Gasteiger partial charge in [-0.25, -0.2) is 4.98 Å². The highest BCUT2D eigenvalue weighted by molar-refractivity contribution is 7.98. The van der Waals surface area contributed by atoms with Gasteiger partial charge in [0.1, 0.15) is 0 Å². The fourth-order valence-corrected chi connectivity index (χ4v) is 4.18. The molecule has 5 heteroatoms. The van der Waals surface area contributed by atoms with Gasteiger partial charge in [-0.15, -0.1) is 0 Å². The van der Waals surface area contributed by atoms with Crippen molar-refractivity contribution >= 4 is 22.7 Å². The van der Waals surface area contributed by atoms with Crippen molar-refractivity contribution in [2.45, 2.75) is 57.7 Å². The number of ether oxygens (including phenoxy) is 1. The van der Waals surface area contributed by atoms with Gasteiger partial charge in [0.2, 0.25) is 0 Å². The number of nitrogens with zero attached hydrogens (tertiary/aromatic N) is 2. The molecular weight excluding hydrogens is 368 g/mol. The summed E-state index contributed by atoms with van der Waals surface area (Å²) in [6.07, 6.45) is 0.986. The molecule has 3 rings (SSSR count). The number of fused-ring (bicyclic) bond motifs is 1. The minimum Gasteiger partial charge on any atom is -0.379 e. The van der Waals surface area contributed by atoms with Gasteiger partial charge in [0.15, 0.2) is 5.16 Å². The summed E-state index contributed by atoms with van der Waals surface area (Å²) in [5.41, 5.74) is 4.57. The van der Waals surface area contributed by atoms with E-state index < -0.39 is 0 Å². The van der Waals surface area contributed by atoms with Crippen LogP contribution >= 0.6 is 11.8 Å². The Morgan fingerprint density at radius 1 is 1.14 bits per heavy atom. The van der Waals surface area contributed by atoms with Crippen LogP contribution in [0.3, 0.4) is 0 Å². The summed E-state index contributed by atoms with van der Waals surface area (Å²) in [5.74, 6) is 0.792. The molecule has 0 aliphatic rings. The van der Waals surface area contributed by atoms with Crippen LogP contribution in [-0.4, -0.2) is 22.3 Å². The van der Waals surface area contributed by atoms with Crippen LogP contribution in [-0.2, 0) is 17.0 Å². The maximum Gasteiger partial charge on any atom is 0.262 e. The molecule has 0 unspecified atom stereocenters.